The summed E-state index contributed by atoms with van der Waals surface area (Å²) in [6.07, 6.45) is 0. The van der Waals surface area contributed by atoms with Gasteiger partial charge in [0.05, 0.1) is 13.2 Å². The van der Waals surface area contributed by atoms with Crippen LogP contribution in [0.5, 0.6) is 5.75 Å². The Morgan fingerprint density at radius 3 is 1.80 bits per heavy atom. The molecule has 0 atom stereocenters. The van der Waals surface area contributed by atoms with Crippen LogP contribution in [0.4, 0.5) is 0 Å². The molecular weight excluding hydrogens is 206 g/mol. The zero-order valence-corrected chi connectivity index (χ0v) is 7.70. The average Bonchev–Trinajstić information content (AvgIpc) is 2.17. The Kier molecular flexibility index (Phi) is 5.76. The summed E-state index contributed by atoms with van der Waals surface area (Å²) < 4.78 is 0. The molecule has 1 aromatic carbocycles. The standard InChI is InChI=1S/C8H10O3.HNO3/c9-4-6-2-1-3-7(5-10)8(6)11;2-1(3)4/h1-3,9-11H,4-5H2;(H,2,3,4). The van der Waals surface area contributed by atoms with E-state index in [9.17, 15) is 5.11 Å². The number of benzene rings is 1. The first kappa shape index (κ1) is 13.1. The number of phenols is 1. The van der Waals surface area contributed by atoms with Crippen molar-refractivity contribution in [1.82, 2.24) is 0 Å². The van der Waals surface area contributed by atoms with Crippen LogP contribution in [-0.2, 0) is 13.2 Å². The van der Waals surface area contributed by atoms with Crippen molar-refractivity contribution in [2.24, 2.45) is 0 Å². The summed E-state index contributed by atoms with van der Waals surface area (Å²) in [4.78, 5) is 8.36. The molecule has 0 aliphatic carbocycles. The molecule has 0 aliphatic rings. The van der Waals surface area contributed by atoms with Gasteiger partial charge in [-0.25, -0.2) is 0 Å². The van der Waals surface area contributed by atoms with E-state index in [1.807, 2.05) is 0 Å². The van der Waals surface area contributed by atoms with Gasteiger partial charge in [0.1, 0.15) is 5.75 Å². The summed E-state index contributed by atoms with van der Waals surface area (Å²) in [6, 6.07) is 4.89. The minimum Gasteiger partial charge on any atom is -0.507 e. The van der Waals surface area contributed by atoms with Crippen LogP contribution >= 0.6 is 0 Å². The molecule has 4 N–H and O–H groups in total. The predicted molar refractivity (Wildman–Crippen MR) is 48.7 cm³/mol. The molecule has 0 saturated heterocycles. The van der Waals surface area contributed by atoms with E-state index in [1.54, 1.807) is 18.2 Å². The third kappa shape index (κ3) is 4.79. The van der Waals surface area contributed by atoms with E-state index in [0.29, 0.717) is 11.1 Å². The second-order valence-electron chi connectivity index (χ2n) is 2.48. The lowest BCUT2D eigenvalue weighted by Gasteiger charge is -2.04. The Labute approximate surface area is 85.0 Å². The topological polar surface area (TPSA) is 124 Å². The molecule has 0 unspecified atom stereocenters. The third-order valence-electron chi connectivity index (χ3n) is 1.54. The van der Waals surface area contributed by atoms with E-state index in [4.69, 9.17) is 25.5 Å². The summed E-state index contributed by atoms with van der Waals surface area (Å²) in [6.45, 7) is -0.417. The second-order valence-corrected chi connectivity index (χ2v) is 2.48. The molecule has 0 amide bonds. The zero-order chi connectivity index (χ0) is 11.8. The molecule has 0 spiro atoms. The van der Waals surface area contributed by atoms with Crippen LogP contribution in [0.25, 0.3) is 0 Å². The number of hydrogen-bond donors (Lipinski definition) is 4. The van der Waals surface area contributed by atoms with Crippen molar-refractivity contribution in [3.8, 4) is 5.75 Å². The van der Waals surface area contributed by atoms with Gasteiger partial charge in [0.15, 0.2) is 0 Å². The Hall–Kier alpha value is -1.86. The highest BCUT2D eigenvalue weighted by atomic mass is 16.9. The minimum absolute atomic E-state index is 0.0162. The monoisotopic (exact) mass is 217 g/mol. The van der Waals surface area contributed by atoms with Crippen molar-refractivity contribution in [3.05, 3.63) is 39.4 Å². The lowest BCUT2D eigenvalue weighted by atomic mass is 10.1. The van der Waals surface area contributed by atoms with E-state index in [1.165, 1.54) is 0 Å². The Bertz CT molecular complexity index is 301. The maximum Gasteiger partial charge on any atom is 0.291 e. The fourth-order valence-electron chi connectivity index (χ4n) is 0.900. The average molecular weight is 217 g/mol. The van der Waals surface area contributed by atoms with Gasteiger partial charge in [0, 0.05) is 11.1 Å². The molecule has 0 bridgehead atoms. The maximum atomic E-state index is 9.27. The first-order valence-corrected chi connectivity index (χ1v) is 3.87. The smallest absolute Gasteiger partial charge is 0.291 e. The molecule has 15 heavy (non-hydrogen) atoms. The number of hydrogen-bond acceptors (Lipinski definition) is 5. The molecule has 0 aromatic heterocycles. The highest BCUT2D eigenvalue weighted by Crippen LogP contribution is 2.21. The van der Waals surface area contributed by atoms with E-state index in [2.05, 4.69) is 0 Å². The van der Waals surface area contributed by atoms with Gasteiger partial charge in [-0.3, -0.25) is 0 Å². The summed E-state index contributed by atoms with van der Waals surface area (Å²) in [5.41, 5.74) is 0.883. The Balaban J connectivity index is 0.000000423. The number of rotatable bonds is 2. The van der Waals surface area contributed by atoms with E-state index >= 15 is 0 Å². The van der Waals surface area contributed by atoms with Gasteiger partial charge in [-0.15, -0.1) is 10.1 Å². The molecule has 1 rings (SSSR count). The van der Waals surface area contributed by atoms with Crippen molar-refractivity contribution in [1.29, 1.82) is 0 Å². The van der Waals surface area contributed by atoms with E-state index < -0.39 is 5.09 Å². The highest BCUT2D eigenvalue weighted by Gasteiger charge is 2.03. The van der Waals surface area contributed by atoms with Crippen LogP contribution in [0.2, 0.25) is 0 Å². The fraction of sp³-hybridized carbons (Fsp3) is 0.250. The largest absolute Gasteiger partial charge is 0.507 e. The molecule has 84 valence electrons. The normalized spacial score (nSPS) is 8.93. The van der Waals surface area contributed by atoms with Crippen LogP contribution < -0.4 is 0 Å². The Morgan fingerprint density at radius 2 is 1.53 bits per heavy atom. The molecule has 0 saturated carbocycles. The van der Waals surface area contributed by atoms with Crippen LogP contribution in [0, 0.1) is 10.1 Å². The van der Waals surface area contributed by atoms with Crippen molar-refractivity contribution in [3.63, 3.8) is 0 Å². The molecule has 0 fully saturated rings. The molecule has 1 aromatic rings. The third-order valence-corrected chi connectivity index (χ3v) is 1.54. The minimum atomic E-state index is -1.50. The maximum absolute atomic E-state index is 9.27. The summed E-state index contributed by atoms with van der Waals surface area (Å²) in [7, 11) is 0. The van der Waals surface area contributed by atoms with Gasteiger partial charge >= 0.3 is 0 Å². The van der Waals surface area contributed by atoms with E-state index in [0.717, 1.165) is 0 Å². The van der Waals surface area contributed by atoms with Crippen LogP contribution in [-0.4, -0.2) is 25.6 Å². The number of aliphatic hydroxyl groups excluding tert-OH is 2. The summed E-state index contributed by atoms with van der Waals surface area (Å²) in [5.74, 6) is -0.0162. The van der Waals surface area contributed by atoms with Crippen molar-refractivity contribution in [2.45, 2.75) is 13.2 Å². The molecule has 0 heterocycles. The van der Waals surface area contributed by atoms with Crippen molar-refractivity contribution in [2.75, 3.05) is 0 Å². The van der Waals surface area contributed by atoms with Crippen LogP contribution in [0.3, 0.4) is 0 Å². The van der Waals surface area contributed by atoms with Crippen LogP contribution in [0.15, 0.2) is 18.2 Å². The fourth-order valence-corrected chi connectivity index (χ4v) is 0.900. The summed E-state index contributed by atoms with van der Waals surface area (Å²) in [5, 5.41) is 40.3. The number of para-hydroxylation sites is 1. The number of aliphatic hydroxyl groups is 2. The van der Waals surface area contributed by atoms with Crippen molar-refractivity contribution < 1.29 is 25.6 Å². The first-order chi connectivity index (χ1) is 7.02. The molecule has 7 nitrogen and oxygen atoms in total. The van der Waals surface area contributed by atoms with Gasteiger partial charge < -0.3 is 20.5 Å². The molecule has 7 heteroatoms. The highest BCUT2D eigenvalue weighted by molar-refractivity contribution is 5.39. The predicted octanol–water partition coefficient (Wildman–Crippen LogP) is 0.0291. The SMILES string of the molecule is O=[N+]([O-])O.OCc1cccc(CO)c1O. The van der Waals surface area contributed by atoms with Gasteiger partial charge in [-0.1, -0.05) is 18.2 Å². The number of nitrogens with zero attached hydrogens (tertiary/aromatic N) is 1. The quantitative estimate of drug-likeness (QED) is 0.409. The van der Waals surface area contributed by atoms with Gasteiger partial charge in [0.2, 0.25) is 0 Å². The van der Waals surface area contributed by atoms with Gasteiger partial charge in [0.25, 0.3) is 5.09 Å². The first-order valence-electron chi connectivity index (χ1n) is 3.87. The second kappa shape index (κ2) is 6.57. The van der Waals surface area contributed by atoms with Gasteiger partial charge in [-0.05, 0) is 0 Å². The zero-order valence-electron chi connectivity index (χ0n) is 7.70. The molecule has 0 aliphatic heterocycles. The molecular formula is C8H11NO6. The van der Waals surface area contributed by atoms with Gasteiger partial charge in [-0.2, -0.15) is 0 Å². The molecule has 0 radical (unpaired) electrons. The lowest BCUT2D eigenvalue weighted by molar-refractivity contribution is -0.742. The number of aromatic hydroxyl groups is 1. The Morgan fingerprint density at radius 1 is 1.20 bits per heavy atom. The van der Waals surface area contributed by atoms with Crippen molar-refractivity contribution >= 4 is 0 Å². The van der Waals surface area contributed by atoms with E-state index in [-0.39, 0.29) is 19.0 Å². The summed E-state index contributed by atoms with van der Waals surface area (Å²) >= 11 is 0. The van der Waals surface area contributed by atoms with Crippen LogP contribution in [0.1, 0.15) is 11.1 Å². The lowest BCUT2D eigenvalue weighted by Crippen LogP contribution is -1.89.